The van der Waals surface area contributed by atoms with Gasteiger partial charge in [-0.2, -0.15) is 0 Å². The van der Waals surface area contributed by atoms with Crippen molar-refractivity contribution in [3.8, 4) is 0 Å². The molecule has 2 saturated heterocycles. The van der Waals surface area contributed by atoms with Crippen LogP contribution in [-0.4, -0.2) is 60.9 Å². The van der Waals surface area contributed by atoms with Crippen LogP contribution in [0.4, 0.5) is 0 Å². The molecule has 2 rings (SSSR count). The van der Waals surface area contributed by atoms with Crippen molar-refractivity contribution < 1.29 is 9.59 Å². The van der Waals surface area contributed by atoms with Crippen molar-refractivity contribution in [1.29, 1.82) is 0 Å². The molecule has 0 radical (unpaired) electrons. The van der Waals surface area contributed by atoms with Crippen molar-refractivity contribution in [3.05, 3.63) is 0 Å². The van der Waals surface area contributed by atoms with Gasteiger partial charge < -0.3 is 20.2 Å². The highest BCUT2D eigenvalue weighted by molar-refractivity contribution is 6.64. The number of likely N-dealkylation sites (tertiary alicyclic amines) is 1. The summed E-state index contributed by atoms with van der Waals surface area (Å²) in [6, 6.07) is 0.0527. The maximum absolute atomic E-state index is 11.7. The lowest BCUT2D eigenvalue weighted by Gasteiger charge is -2.36. The Morgan fingerprint density at radius 3 is 2.44 bits per heavy atom. The quantitative estimate of drug-likeness (QED) is 0.469. The van der Waals surface area contributed by atoms with Gasteiger partial charge >= 0.3 is 0 Å². The molecule has 0 unspecified atom stereocenters. The summed E-state index contributed by atoms with van der Waals surface area (Å²) in [5, 5.41) is 0. The fraction of sp³-hybridized carbons (Fsp3) is 0.800. The first-order valence-electron chi connectivity index (χ1n) is 5.94. The predicted molar refractivity (Wildman–Crippen MR) is 62.8 cm³/mol. The van der Waals surface area contributed by atoms with E-state index in [2.05, 4.69) is 4.81 Å². The van der Waals surface area contributed by atoms with Crippen LogP contribution in [-0.2, 0) is 9.59 Å². The first kappa shape index (κ1) is 11.6. The number of carbonyl (C=O) groups excluding carboxylic acids is 2. The molecule has 88 valence electrons. The van der Waals surface area contributed by atoms with Crippen LogP contribution in [0.25, 0.3) is 0 Å². The lowest BCUT2D eigenvalue weighted by Crippen LogP contribution is -2.48. The molecule has 0 aromatic carbocycles. The van der Waals surface area contributed by atoms with Gasteiger partial charge in [0.15, 0.2) is 0 Å². The first-order valence-corrected chi connectivity index (χ1v) is 5.94. The zero-order chi connectivity index (χ0) is 11.5. The average Bonchev–Trinajstić information content (AvgIpc) is 2.62. The Balaban J connectivity index is 1.85. The summed E-state index contributed by atoms with van der Waals surface area (Å²) in [5.74, 6) is 0.105. The summed E-state index contributed by atoms with van der Waals surface area (Å²) in [4.78, 5) is 26.2. The van der Waals surface area contributed by atoms with Crippen molar-refractivity contribution in [1.82, 2.24) is 9.71 Å². The van der Waals surface area contributed by atoms with Gasteiger partial charge in [0.1, 0.15) is 0 Å². The Morgan fingerprint density at radius 1 is 1.25 bits per heavy atom. The SMILES string of the molecule is N[C@H]1CCN(C2CCN(BC=O)CC2)C1=O. The van der Waals surface area contributed by atoms with Gasteiger partial charge in [-0.15, -0.1) is 0 Å². The Bertz CT molecular complexity index is 279. The van der Waals surface area contributed by atoms with E-state index < -0.39 is 0 Å². The summed E-state index contributed by atoms with van der Waals surface area (Å²) < 4.78 is 0. The number of hydrogen-bond donors (Lipinski definition) is 1. The number of rotatable bonds is 3. The lowest BCUT2D eigenvalue weighted by molar-refractivity contribution is -0.131. The summed E-state index contributed by atoms with van der Waals surface area (Å²) in [5.41, 5.74) is 5.70. The van der Waals surface area contributed by atoms with E-state index in [1.54, 1.807) is 0 Å². The zero-order valence-corrected chi connectivity index (χ0v) is 9.47. The summed E-state index contributed by atoms with van der Waals surface area (Å²) >= 11 is 0. The summed E-state index contributed by atoms with van der Waals surface area (Å²) in [7, 11) is 0.514. The molecule has 2 fully saturated rings. The van der Waals surface area contributed by atoms with E-state index in [4.69, 9.17) is 5.73 Å². The molecule has 0 saturated carbocycles. The van der Waals surface area contributed by atoms with E-state index in [1.165, 1.54) is 0 Å². The van der Waals surface area contributed by atoms with Crippen LogP contribution in [0, 0.1) is 0 Å². The van der Waals surface area contributed by atoms with Gasteiger partial charge in [0, 0.05) is 12.6 Å². The molecule has 2 aliphatic heterocycles. The Hall–Kier alpha value is -0.875. The van der Waals surface area contributed by atoms with Crippen molar-refractivity contribution in [2.24, 2.45) is 5.73 Å². The van der Waals surface area contributed by atoms with Gasteiger partial charge in [0.05, 0.1) is 12.2 Å². The zero-order valence-electron chi connectivity index (χ0n) is 9.47. The molecular formula is C10H18BN3O2. The van der Waals surface area contributed by atoms with Crippen LogP contribution < -0.4 is 5.73 Å². The maximum Gasteiger partial charge on any atom is 0.281 e. The number of nitrogens with two attached hydrogens (primary N) is 1. The van der Waals surface area contributed by atoms with Crippen molar-refractivity contribution in [3.63, 3.8) is 0 Å². The average molecular weight is 223 g/mol. The topological polar surface area (TPSA) is 66.6 Å². The first-order chi connectivity index (χ1) is 7.72. The standard InChI is InChI=1S/C10H18BN3O2/c12-9-3-6-14(10(9)16)8-1-4-13(5-2-8)11-7-15/h7-9,11H,1-6,12H2/t9-/m0/s1. The van der Waals surface area contributed by atoms with E-state index in [0.717, 1.165) is 45.1 Å². The van der Waals surface area contributed by atoms with Crippen LogP contribution in [0.1, 0.15) is 19.3 Å². The second-order valence-electron chi connectivity index (χ2n) is 4.63. The van der Waals surface area contributed by atoms with E-state index in [1.807, 2.05) is 4.90 Å². The molecule has 2 N–H and O–H groups in total. The molecular weight excluding hydrogens is 205 g/mol. The van der Waals surface area contributed by atoms with E-state index >= 15 is 0 Å². The molecule has 0 aromatic heterocycles. The monoisotopic (exact) mass is 223 g/mol. The molecule has 2 aliphatic rings. The number of piperidine rings is 1. The third-order valence-electron chi connectivity index (χ3n) is 3.61. The molecule has 0 aliphatic carbocycles. The fourth-order valence-corrected chi connectivity index (χ4v) is 2.61. The van der Waals surface area contributed by atoms with E-state index in [-0.39, 0.29) is 11.9 Å². The minimum atomic E-state index is -0.284. The molecule has 1 atom stereocenters. The minimum absolute atomic E-state index is 0.105. The molecule has 0 aromatic rings. The van der Waals surface area contributed by atoms with Gasteiger partial charge in [-0.05, 0) is 32.4 Å². The third-order valence-corrected chi connectivity index (χ3v) is 3.61. The number of nitrogens with zero attached hydrogens (tertiary/aromatic N) is 2. The van der Waals surface area contributed by atoms with E-state index in [9.17, 15) is 9.59 Å². The molecule has 1 amide bonds. The van der Waals surface area contributed by atoms with Crippen LogP contribution in [0.2, 0.25) is 0 Å². The lowest BCUT2D eigenvalue weighted by atomic mass is 9.89. The molecule has 5 nitrogen and oxygen atoms in total. The smallest absolute Gasteiger partial charge is 0.281 e. The Labute approximate surface area is 96.2 Å². The van der Waals surface area contributed by atoms with Crippen molar-refractivity contribution in [2.45, 2.75) is 31.3 Å². The highest BCUT2D eigenvalue weighted by atomic mass is 16.2. The van der Waals surface area contributed by atoms with E-state index in [0.29, 0.717) is 13.5 Å². The second-order valence-corrected chi connectivity index (χ2v) is 4.63. The normalized spacial score (nSPS) is 28.4. The molecule has 6 heteroatoms. The van der Waals surface area contributed by atoms with Crippen LogP contribution in [0.15, 0.2) is 0 Å². The fourth-order valence-electron chi connectivity index (χ4n) is 2.61. The molecule has 0 bridgehead atoms. The van der Waals surface area contributed by atoms with Crippen molar-refractivity contribution in [2.75, 3.05) is 19.6 Å². The van der Waals surface area contributed by atoms with Gasteiger partial charge in [-0.25, -0.2) is 0 Å². The maximum atomic E-state index is 11.7. The summed E-state index contributed by atoms with van der Waals surface area (Å²) in [6.07, 6.45) is 3.66. The summed E-state index contributed by atoms with van der Waals surface area (Å²) in [6.45, 7) is 2.61. The van der Waals surface area contributed by atoms with Crippen LogP contribution in [0.3, 0.4) is 0 Å². The van der Waals surface area contributed by atoms with Gasteiger partial charge in [0.2, 0.25) is 5.91 Å². The second kappa shape index (κ2) is 4.97. The van der Waals surface area contributed by atoms with Gasteiger partial charge in [-0.3, -0.25) is 4.79 Å². The number of carbonyl (C=O) groups is 2. The predicted octanol–water partition coefficient (Wildman–Crippen LogP) is -1.45. The van der Waals surface area contributed by atoms with Crippen LogP contribution in [0.5, 0.6) is 0 Å². The third kappa shape index (κ3) is 2.27. The number of amides is 1. The van der Waals surface area contributed by atoms with Crippen LogP contribution >= 0.6 is 0 Å². The molecule has 16 heavy (non-hydrogen) atoms. The van der Waals surface area contributed by atoms with Crippen molar-refractivity contribution >= 4 is 19.5 Å². The van der Waals surface area contributed by atoms with Gasteiger partial charge in [0.25, 0.3) is 7.41 Å². The highest BCUT2D eigenvalue weighted by Gasteiger charge is 2.34. The molecule has 2 heterocycles. The minimum Gasteiger partial charge on any atom is -0.339 e. The highest BCUT2D eigenvalue weighted by Crippen LogP contribution is 2.21. The Kier molecular flexibility index (Phi) is 3.61. The van der Waals surface area contributed by atoms with Gasteiger partial charge in [-0.1, -0.05) is 0 Å². The largest absolute Gasteiger partial charge is 0.339 e. The Morgan fingerprint density at radius 2 is 1.94 bits per heavy atom. The molecule has 0 spiro atoms. The number of hydrogen-bond acceptors (Lipinski definition) is 4.